The average Bonchev–Trinajstić information content (AvgIpc) is 2.73. The van der Waals surface area contributed by atoms with Crippen LogP contribution in [0, 0.1) is 6.92 Å². The van der Waals surface area contributed by atoms with Crippen molar-refractivity contribution in [2.75, 3.05) is 0 Å². The molecule has 0 unspecified atom stereocenters. The molecule has 0 N–H and O–H groups in total. The molecule has 0 saturated heterocycles. The molecule has 0 amide bonds. The third-order valence-corrected chi connectivity index (χ3v) is 3.42. The number of aryl methyl sites for hydroxylation is 2. The number of benzene rings is 1. The molecule has 0 spiro atoms. The lowest BCUT2D eigenvalue weighted by Crippen LogP contribution is -2.06. The van der Waals surface area contributed by atoms with Crippen LogP contribution >= 0.6 is 0 Å². The number of rotatable bonds is 3. The van der Waals surface area contributed by atoms with Crippen molar-refractivity contribution in [2.45, 2.75) is 26.9 Å². The molecule has 2 heterocycles. The van der Waals surface area contributed by atoms with Gasteiger partial charge in [-0.15, -0.1) is 0 Å². The third-order valence-electron chi connectivity index (χ3n) is 3.42. The molecule has 3 aromatic rings. The maximum Gasteiger partial charge on any atom is 0.157 e. The molecule has 0 radical (unpaired) electrons. The SMILES string of the molecule is Cc1nn(C)c2ncc(-c3ccccc3OC(C)C)cc12. The molecule has 0 atom stereocenters. The van der Waals surface area contributed by atoms with Gasteiger partial charge in [0.25, 0.3) is 0 Å². The molecule has 0 bridgehead atoms. The fraction of sp³-hybridized carbons (Fsp3) is 0.294. The van der Waals surface area contributed by atoms with Gasteiger partial charge in [0.05, 0.1) is 11.8 Å². The topological polar surface area (TPSA) is 39.9 Å². The number of ether oxygens (including phenoxy) is 1. The Bertz CT molecular complexity index is 790. The van der Waals surface area contributed by atoms with E-state index in [-0.39, 0.29) is 6.10 Å². The number of hydrogen-bond donors (Lipinski definition) is 0. The van der Waals surface area contributed by atoms with E-state index >= 15 is 0 Å². The van der Waals surface area contributed by atoms with E-state index in [2.05, 4.69) is 22.2 Å². The minimum Gasteiger partial charge on any atom is -0.490 e. The predicted octanol–water partition coefficient (Wildman–Crippen LogP) is 3.73. The van der Waals surface area contributed by atoms with Gasteiger partial charge in [-0.2, -0.15) is 5.10 Å². The molecule has 4 nitrogen and oxygen atoms in total. The van der Waals surface area contributed by atoms with Gasteiger partial charge in [0.2, 0.25) is 0 Å². The summed E-state index contributed by atoms with van der Waals surface area (Å²) in [6.07, 6.45) is 2.02. The third kappa shape index (κ3) is 2.49. The van der Waals surface area contributed by atoms with Gasteiger partial charge in [-0.1, -0.05) is 18.2 Å². The number of nitrogens with zero attached hydrogens (tertiary/aromatic N) is 3. The Morgan fingerprint density at radius 3 is 2.71 bits per heavy atom. The molecule has 0 saturated carbocycles. The van der Waals surface area contributed by atoms with E-state index in [9.17, 15) is 0 Å². The summed E-state index contributed by atoms with van der Waals surface area (Å²) in [6, 6.07) is 10.2. The van der Waals surface area contributed by atoms with E-state index in [0.717, 1.165) is 33.6 Å². The fourth-order valence-electron chi connectivity index (χ4n) is 2.52. The van der Waals surface area contributed by atoms with Crippen LogP contribution in [0.5, 0.6) is 5.75 Å². The second-order valence-corrected chi connectivity index (χ2v) is 5.47. The van der Waals surface area contributed by atoms with E-state index in [1.54, 1.807) is 0 Å². The Morgan fingerprint density at radius 2 is 1.95 bits per heavy atom. The zero-order valence-corrected chi connectivity index (χ0v) is 12.8. The standard InChI is InChI=1S/C17H19N3O/c1-11(2)21-16-8-6-5-7-14(16)13-9-15-12(3)19-20(4)17(15)18-10-13/h5-11H,1-4H3. The monoisotopic (exact) mass is 281 g/mol. The summed E-state index contributed by atoms with van der Waals surface area (Å²) in [6.45, 7) is 6.07. The van der Waals surface area contributed by atoms with Gasteiger partial charge >= 0.3 is 0 Å². The van der Waals surface area contributed by atoms with Crippen molar-refractivity contribution in [1.29, 1.82) is 0 Å². The minimum absolute atomic E-state index is 0.142. The Hall–Kier alpha value is -2.36. The Morgan fingerprint density at radius 1 is 1.19 bits per heavy atom. The summed E-state index contributed by atoms with van der Waals surface area (Å²) >= 11 is 0. The van der Waals surface area contributed by atoms with Crippen LogP contribution in [0.4, 0.5) is 0 Å². The number of pyridine rings is 1. The predicted molar refractivity (Wildman–Crippen MR) is 84.4 cm³/mol. The van der Waals surface area contributed by atoms with E-state index in [0.29, 0.717) is 0 Å². The van der Waals surface area contributed by atoms with Crippen molar-refractivity contribution in [3.05, 3.63) is 42.2 Å². The van der Waals surface area contributed by atoms with Crippen LogP contribution in [0.25, 0.3) is 22.2 Å². The molecular formula is C17H19N3O. The van der Waals surface area contributed by atoms with E-state index in [4.69, 9.17) is 4.74 Å². The van der Waals surface area contributed by atoms with Gasteiger partial charge < -0.3 is 4.74 Å². The second kappa shape index (κ2) is 5.20. The summed E-state index contributed by atoms with van der Waals surface area (Å²) in [5.74, 6) is 0.884. The summed E-state index contributed by atoms with van der Waals surface area (Å²) in [4.78, 5) is 4.54. The number of para-hydroxylation sites is 1. The second-order valence-electron chi connectivity index (χ2n) is 5.47. The first-order valence-corrected chi connectivity index (χ1v) is 7.11. The highest BCUT2D eigenvalue weighted by atomic mass is 16.5. The quantitative estimate of drug-likeness (QED) is 0.734. The minimum atomic E-state index is 0.142. The highest BCUT2D eigenvalue weighted by molar-refractivity contribution is 5.84. The maximum atomic E-state index is 5.90. The molecule has 0 aliphatic rings. The number of aromatic nitrogens is 3. The summed E-state index contributed by atoms with van der Waals surface area (Å²) < 4.78 is 7.71. The van der Waals surface area contributed by atoms with Gasteiger partial charge in [0, 0.05) is 29.8 Å². The van der Waals surface area contributed by atoms with Crippen LogP contribution in [-0.4, -0.2) is 20.9 Å². The smallest absolute Gasteiger partial charge is 0.157 e. The van der Waals surface area contributed by atoms with E-state index in [1.807, 2.05) is 56.9 Å². The maximum absolute atomic E-state index is 5.90. The zero-order chi connectivity index (χ0) is 15.0. The molecule has 0 aliphatic carbocycles. The summed E-state index contributed by atoms with van der Waals surface area (Å²) in [7, 11) is 1.91. The van der Waals surface area contributed by atoms with Crippen LogP contribution in [0.2, 0.25) is 0 Å². The fourth-order valence-corrected chi connectivity index (χ4v) is 2.52. The molecule has 3 rings (SSSR count). The van der Waals surface area contributed by atoms with Crippen LogP contribution in [0.3, 0.4) is 0 Å². The molecule has 4 heteroatoms. The van der Waals surface area contributed by atoms with Crippen LogP contribution in [-0.2, 0) is 7.05 Å². The van der Waals surface area contributed by atoms with Gasteiger partial charge in [0.15, 0.2) is 5.65 Å². The zero-order valence-electron chi connectivity index (χ0n) is 12.8. The van der Waals surface area contributed by atoms with Crippen molar-refractivity contribution in [2.24, 2.45) is 7.05 Å². The first kappa shape index (κ1) is 13.6. The average molecular weight is 281 g/mol. The van der Waals surface area contributed by atoms with Crippen molar-refractivity contribution >= 4 is 11.0 Å². The highest BCUT2D eigenvalue weighted by Gasteiger charge is 2.11. The lowest BCUT2D eigenvalue weighted by atomic mass is 10.1. The van der Waals surface area contributed by atoms with E-state index in [1.165, 1.54) is 0 Å². The molecule has 0 aliphatic heterocycles. The molecule has 108 valence electrons. The molecule has 0 fully saturated rings. The Labute approximate surface area is 124 Å². The van der Waals surface area contributed by atoms with Crippen LogP contribution < -0.4 is 4.74 Å². The number of hydrogen-bond acceptors (Lipinski definition) is 3. The molecule has 21 heavy (non-hydrogen) atoms. The van der Waals surface area contributed by atoms with Crippen LogP contribution in [0.1, 0.15) is 19.5 Å². The van der Waals surface area contributed by atoms with Gasteiger partial charge in [-0.25, -0.2) is 4.98 Å². The van der Waals surface area contributed by atoms with Gasteiger partial charge in [-0.3, -0.25) is 4.68 Å². The Balaban J connectivity index is 2.14. The lowest BCUT2D eigenvalue weighted by molar-refractivity contribution is 0.243. The van der Waals surface area contributed by atoms with Gasteiger partial charge in [0.1, 0.15) is 5.75 Å². The normalized spacial score (nSPS) is 11.3. The highest BCUT2D eigenvalue weighted by Crippen LogP contribution is 2.32. The first-order chi connectivity index (χ1) is 10.1. The van der Waals surface area contributed by atoms with Crippen molar-refractivity contribution in [1.82, 2.24) is 14.8 Å². The van der Waals surface area contributed by atoms with E-state index < -0.39 is 0 Å². The first-order valence-electron chi connectivity index (χ1n) is 7.11. The molecule has 2 aromatic heterocycles. The molecule has 1 aromatic carbocycles. The summed E-state index contributed by atoms with van der Waals surface area (Å²) in [5, 5.41) is 5.50. The Kier molecular flexibility index (Phi) is 3.37. The van der Waals surface area contributed by atoms with Gasteiger partial charge in [-0.05, 0) is 32.9 Å². The van der Waals surface area contributed by atoms with Crippen LogP contribution in [0.15, 0.2) is 36.5 Å². The van der Waals surface area contributed by atoms with Crippen molar-refractivity contribution in [3.8, 4) is 16.9 Å². The van der Waals surface area contributed by atoms with Crippen molar-refractivity contribution in [3.63, 3.8) is 0 Å². The number of fused-ring (bicyclic) bond motifs is 1. The van der Waals surface area contributed by atoms with Crippen molar-refractivity contribution < 1.29 is 4.74 Å². The largest absolute Gasteiger partial charge is 0.490 e. The summed E-state index contributed by atoms with van der Waals surface area (Å²) in [5.41, 5.74) is 4.00. The molecular weight excluding hydrogens is 262 g/mol. The lowest BCUT2D eigenvalue weighted by Gasteiger charge is -2.14.